The first-order chi connectivity index (χ1) is 8.69. The van der Waals surface area contributed by atoms with Crippen molar-refractivity contribution in [2.24, 2.45) is 4.99 Å². The standard InChI is InChI=1S/C14H28N4.HI/c1-5-9-16-14(15-4)17-11-13(3)18-10-7-6-8-12(18)2;/h5,12-13H,1,6-11H2,2-4H3,(H2,15,16,17);1H. The smallest absolute Gasteiger partial charge is 0.191 e. The summed E-state index contributed by atoms with van der Waals surface area (Å²) < 4.78 is 0. The summed E-state index contributed by atoms with van der Waals surface area (Å²) >= 11 is 0. The van der Waals surface area contributed by atoms with E-state index in [2.05, 4.69) is 41.0 Å². The third kappa shape index (κ3) is 6.61. The molecule has 0 radical (unpaired) electrons. The summed E-state index contributed by atoms with van der Waals surface area (Å²) in [6.45, 7) is 11.2. The molecule has 4 nitrogen and oxygen atoms in total. The van der Waals surface area contributed by atoms with Crippen LogP contribution >= 0.6 is 24.0 Å². The number of aliphatic imine (C=N–C) groups is 1. The predicted molar refractivity (Wildman–Crippen MR) is 94.5 cm³/mol. The minimum atomic E-state index is 0. The Morgan fingerprint density at radius 1 is 1.47 bits per heavy atom. The molecule has 0 amide bonds. The maximum atomic E-state index is 4.19. The van der Waals surface area contributed by atoms with E-state index in [0.717, 1.165) is 19.0 Å². The summed E-state index contributed by atoms with van der Waals surface area (Å²) in [4.78, 5) is 6.78. The highest BCUT2D eigenvalue weighted by atomic mass is 127. The maximum Gasteiger partial charge on any atom is 0.191 e. The van der Waals surface area contributed by atoms with Gasteiger partial charge in [-0.3, -0.25) is 9.89 Å². The van der Waals surface area contributed by atoms with Gasteiger partial charge in [0.05, 0.1) is 0 Å². The van der Waals surface area contributed by atoms with Crippen LogP contribution in [0.3, 0.4) is 0 Å². The van der Waals surface area contributed by atoms with Crippen molar-refractivity contribution in [2.75, 3.05) is 26.7 Å². The summed E-state index contributed by atoms with van der Waals surface area (Å²) in [5, 5.41) is 6.56. The van der Waals surface area contributed by atoms with Gasteiger partial charge in [0.25, 0.3) is 0 Å². The molecular weight excluding hydrogens is 351 g/mol. The van der Waals surface area contributed by atoms with Gasteiger partial charge in [0.2, 0.25) is 0 Å². The van der Waals surface area contributed by atoms with Crippen molar-refractivity contribution in [1.29, 1.82) is 0 Å². The highest BCUT2D eigenvalue weighted by Gasteiger charge is 2.22. The number of guanidine groups is 1. The minimum Gasteiger partial charge on any atom is -0.355 e. The van der Waals surface area contributed by atoms with Gasteiger partial charge in [-0.05, 0) is 33.2 Å². The number of halogens is 1. The van der Waals surface area contributed by atoms with Gasteiger partial charge in [0.1, 0.15) is 0 Å². The zero-order valence-electron chi connectivity index (χ0n) is 12.5. The lowest BCUT2D eigenvalue weighted by Crippen LogP contribution is -2.50. The molecule has 1 fully saturated rings. The summed E-state index contributed by atoms with van der Waals surface area (Å²) in [5.74, 6) is 0.853. The first-order valence-electron chi connectivity index (χ1n) is 7.00. The average Bonchev–Trinajstić information content (AvgIpc) is 2.39. The van der Waals surface area contributed by atoms with Gasteiger partial charge in [-0.2, -0.15) is 0 Å². The van der Waals surface area contributed by atoms with Crippen molar-refractivity contribution >= 4 is 29.9 Å². The molecule has 0 spiro atoms. The number of nitrogens with zero attached hydrogens (tertiary/aromatic N) is 2. The normalized spacial score (nSPS) is 22.3. The van der Waals surface area contributed by atoms with Crippen LogP contribution in [-0.2, 0) is 0 Å². The molecule has 112 valence electrons. The van der Waals surface area contributed by atoms with Crippen LogP contribution in [0.1, 0.15) is 33.1 Å². The molecule has 2 atom stereocenters. The van der Waals surface area contributed by atoms with Crippen LogP contribution in [0.2, 0.25) is 0 Å². The molecule has 0 bridgehead atoms. The van der Waals surface area contributed by atoms with Crippen molar-refractivity contribution in [2.45, 2.75) is 45.2 Å². The Kier molecular flexibility index (Phi) is 10.3. The molecule has 1 saturated heterocycles. The fourth-order valence-corrected chi connectivity index (χ4v) is 2.53. The maximum absolute atomic E-state index is 4.19. The number of likely N-dealkylation sites (tertiary alicyclic amines) is 1. The monoisotopic (exact) mass is 380 g/mol. The van der Waals surface area contributed by atoms with Gasteiger partial charge in [-0.15, -0.1) is 30.6 Å². The zero-order valence-corrected chi connectivity index (χ0v) is 14.8. The summed E-state index contributed by atoms with van der Waals surface area (Å²) in [5.41, 5.74) is 0. The molecule has 2 unspecified atom stereocenters. The number of hydrogen-bond acceptors (Lipinski definition) is 2. The van der Waals surface area contributed by atoms with Crippen LogP contribution < -0.4 is 10.6 Å². The highest BCUT2D eigenvalue weighted by Crippen LogP contribution is 2.18. The second-order valence-electron chi connectivity index (χ2n) is 5.05. The van der Waals surface area contributed by atoms with E-state index in [1.807, 2.05) is 6.08 Å². The number of piperidine rings is 1. The molecular formula is C14H29IN4. The van der Waals surface area contributed by atoms with Crippen molar-refractivity contribution < 1.29 is 0 Å². The van der Waals surface area contributed by atoms with Crippen LogP contribution in [0.25, 0.3) is 0 Å². The summed E-state index contributed by atoms with van der Waals surface area (Å²) in [7, 11) is 1.80. The van der Waals surface area contributed by atoms with Gasteiger partial charge in [-0.1, -0.05) is 12.5 Å². The van der Waals surface area contributed by atoms with Crippen molar-refractivity contribution in [3.8, 4) is 0 Å². The lowest BCUT2D eigenvalue weighted by Gasteiger charge is -2.38. The third-order valence-corrected chi connectivity index (χ3v) is 3.62. The zero-order chi connectivity index (χ0) is 13.4. The molecule has 1 rings (SSSR count). The molecule has 5 heteroatoms. The number of nitrogens with one attached hydrogen (secondary N) is 2. The van der Waals surface area contributed by atoms with Gasteiger partial charge in [0.15, 0.2) is 5.96 Å². The average molecular weight is 380 g/mol. The largest absolute Gasteiger partial charge is 0.355 e. The molecule has 19 heavy (non-hydrogen) atoms. The molecule has 1 aliphatic rings. The molecule has 0 aliphatic carbocycles. The van der Waals surface area contributed by atoms with E-state index in [9.17, 15) is 0 Å². The Balaban J connectivity index is 0.00000324. The number of rotatable bonds is 5. The van der Waals surface area contributed by atoms with Gasteiger partial charge in [0, 0.05) is 32.2 Å². The second-order valence-corrected chi connectivity index (χ2v) is 5.05. The molecule has 0 aromatic carbocycles. The lowest BCUT2D eigenvalue weighted by atomic mass is 10.0. The van der Waals surface area contributed by atoms with Crippen LogP contribution in [0.15, 0.2) is 17.6 Å². The Labute approximate surface area is 135 Å². The Bertz CT molecular complexity index is 281. The van der Waals surface area contributed by atoms with Crippen LogP contribution in [0, 0.1) is 0 Å². The van der Waals surface area contributed by atoms with Crippen LogP contribution in [0.5, 0.6) is 0 Å². The molecule has 0 aromatic heterocycles. The van der Waals surface area contributed by atoms with Crippen molar-refractivity contribution in [1.82, 2.24) is 15.5 Å². The lowest BCUT2D eigenvalue weighted by molar-refractivity contribution is 0.115. The summed E-state index contributed by atoms with van der Waals surface area (Å²) in [6.07, 6.45) is 5.87. The number of hydrogen-bond donors (Lipinski definition) is 2. The first kappa shape index (κ1) is 18.7. The van der Waals surface area contributed by atoms with E-state index >= 15 is 0 Å². The highest BCUT2D eigenvalue weighted by molar-refractivity contribution is 14.0. The Morgan fingerprint density at radius 2 is 2.21 bits per heavy atom. The van der Waals surface area contributed by atoms with E-state index in [1.54, 1.807) is 7.05 Å². The van der Waals surface area contributed by atoms with Crippen molar-refractivity contribution in [3.63, 3.8) is 0 Å². The second kappa shape index (κ2) is 10.5. The van der Waals surface area contributed by atoms with E-state index in [4.69, 9.17) is 0 Å². The SMILES string of the molecule is C=CCNC(=NC)NCC(C)N1CCCCC1C.I. The first-order valence-corrected chi connectivity index (χ1v) is 7.00. The molecule has 2 N–H and O–H groups in total. The predicted octanol–water partition coefficient (Wildman–Crippen LogP) is 2.22. The van der Waals surface area contributed by atoms with E-state index in [1.165, 1.54) is 25.8 Å². The Morgan fingerprint density at radius 3 is 2.79 bits per heavy atom. The third-order valence-electron chi connectivity index (χ3n) is 3.62. The van der Waals surface area contributed by atoms with E-state index in [0.29, 0.717) is 12.1 Å². The molecule has 0 aromatic rings. The van der Waals surface area contributed by atoms with E-state index < -0.39 is 0 Å². The van der Waals surface area contributed by atoms with E-state index in [-0.39, 0.29) is 24.0 Å². The minimum absolute atomic E-state index is 0. The topological polar surface area (TPSA) is 39.7 Å². The molecule has 1 heterocycles. The quantitative estimate of drug-likeness (QED) is 0.333. The van der Waals surface area contributed by atoms with Gasteiger partial charge >= 0.3 is 0 Å². The Hall–Kier alpha value is -0.300. The fraction of sp³-hybridized carbons (Fsp3) is 0.786. The van der Waals surface area contributed by atoms with Crippen LogP contribution in [0.4, 0.5) is 0 Å². The van der Waals surface area contributed by atoms with Crippen LogP contribution in [-0.4, -0.2) is 49.6 Å². The molecule has 1 aliphatic heterocycles. The van der Waals surface area contributed by atoms with Gasteiger partial charge < -0.3 is 10.6 Å². The summed E-state index contributed by atoms with van der Waals surface area (Å²) in [6, 6.07) is 1.25. The molecule has 0 saturated carbocycles. The van der Waals surface area contributed by atoms with Gasteiger partial charge in [-0.25, -0.2) is 0 Å². The van der Waals surface area contributed by atoms with Crippen molar-refractivity contribution in [3.05, 3.63) is 12.7 Å². The fourth-order valence-electron chi connectivity index (χ4n) is 2.53.